The van der Waals surface area contributed by atoms with Crippen LogP contribution in [-0.4, -0.2) is 49.3 Å². The van der Waals surface area contributed by atoms with Gasteiger partial charge in [-0.05, 0) is 46.8 Å². The summed E-state index contributed by atoms with van der Waals surface area (Å²) in [5.74, 6) is 0. The monoisotopic (exact) mass is 286 g/mol. The van der Waals surface area contributed by atoms with E-state index in [-0.39, 0.29) is 6.04 Å². The predicted octanol–water partition coefficient (Wildman–Crippen LogP) is 0.584. The summed E-state index contributed by atoms with van der Waals surface area (Å²) in [5.41, 5.74) is 0.558. The fraction of sp³-hybridized carbons (Fsp3) is 0.750. The van der Waals surface area contributed by atoms with Crippen molar-refractivity contribution in [1.82, 2.24) is 19.4 Å². The topological polar surface area (TPSA) is 67.2 Å². The second kappa shape index (κ2) is 5.60. The van der Waals surface area contributed by atoms with E-state index in [0.29, 0.717) is 17.1 Å². The van der Waals surface area contributed by atoms with Gasteiger partial charge in [-0.1, -0.05) is 0 Å². The first-order chi connectivity index (χ1) is 8.92. The maximum Gasteiger partial charge on any atom is 0.244 e. The molecule has 19 heavy (non-hydrogen) atoms. The molecule has 1 aromatic rings. The SMILES string of the molecule is CCn1cc(S(=O)(=O)NC2CCN(C)CC2)c(C)n1. The van der Waals surface area contributed by atoms with Gasteiger partial charge in [0.25, 0.3) is 0 Å². The smallest absolute Gasteiger partial charge is 0.244 e. The molecule has 0 spiro atoms. The maximum absolute atomic E-state index is 12.4. The molecule has 0 unspecified atom stereocenters. The molecule has 108 valence electrons. The third-order valence-corrected chi connectivity index (χ3v) is 5.18. The molecule has 0 atom stereocenters. The lowest BCUT2D eigenvalue weighted by Crippen LogP contribution is -2.43. The molecular weight excluding hydrogens is 264 g/mol. The molecule has 2 heterocycles. The van der Waals surface area contributed by atoms with Gasteiger partial charge in [-0.2, -0.15) is 5.10 Å². The molecule has 0 amide bonds. The number of aryl methyl sites for hydroxylation is 2. The summed E-state index contributed by atoms with van der Waals surface area (Å²) in [6.07, 6.45) is 3.32. The van der Waals surface area contributed by atoms with Gasteiger partial charge in [0, 0.05) is 18.8 Å². The number of piperidine rings is 1. The first kappa shape index (κ1) is 14.5. The van der Waals surface area contributed by atoms with Crippen LogP contribution in [0.3, 0.4) is 0 Å². The van der Waals surface area contributed by atoms with E-state index in [1.807, 2.05) is 6.92 Å². The fourth-order valence-electron chi connectivity index (χ4n) is 2.33. The Morgan fingerprint density at radius 3 is 2.58 bits per heavy atom. The molecule has 1 saturated heterocycles. The van der Waals surface area contributed by atoms with Crippen LogP contribution >= 0.6 is 0 Å². The first-order valence-electron chi connectivity index (χ1n) is 6.67. The van der Waals surface area contributed by atoms with Crippen molar-refractivity contribution in [3.8, 4) is 0 Å². The van der Waals surface area contributed by atoms with E-state index in [9.17, 15) is 8.42 Å². The molecule has 6 nitrogen and oxygen atoms in total. The first-order valence-corrected chi connectivity index (χ1v) is 8.15. The van der Waals surface area contributed by atoms with Gasteiger partial charge in [0.1, 0.15) is 4.90 Å². The van der Waals surface area contributed by atoms with Crippen molar-refractivity contribution in [3.05, 3.63) is 11.9 Å². The van der Waals surface area contributed by atoms with Crippen molar-refractivity contribution in [2.75, 3.05) is 20.1 Å². The molecule has 0 saturated carbocycles. The molecule has 1 aliphatic rings. The lowest BCUT2D eigenvalue weighted by molar-refractivity contribution is 0.248. The van der Waals surface area contributed by atoms with E-state index < -0.39 is 10.0 Å². The average molecular weight is 286 g/mol. The van der Waals surface area contributed by atoms with Gasteiger partial charge >= 0.3 is 0 Å². The van der Waals surface area contributed by atoms with Crippen LogP contribution in [0.15, 0.2) is 11.1 Å². The van der Waals surface area contributed by atoms with Gasteiger partial charge in [0.2, 0.25) is 10.0 Å². The second-order valence-corrected chi connectivity index (χ2v) is 6.82. The summed E-state index contributed by atoms with van der Waals surface area (Å²) in [6, 6.07) is 0.0329. The number of sulfonamides is 1. The summed E-state index contributed by atoms with van der Waals surface area (Å²) in [4.78, 5) is 2.51. The molecule has 1 fully saturated rings. The lowest BCUT2D eigenvalue weighted by atomic mass is 10.1. The molecule has 7 heteroatoms. The number of hydrogen-bond acceptors (Lipinski definition) is 4. The average Bonchev–Trinajstić information content (AvgIpc) is 2.74. The van der Waals surface area contributed by atoms with E-state index in [1.54, 1.807) is 17.8 Å². The van der Waals surface area contributed by atoms with Crippen LogP contribution in [0.5, 0.6) is 0 Å². The van der Waals surface area contributed by atoms with Crippen LogP contribution < -0.4 is 4.72 Å². The van der Waals surface area contributed by atoms with Crippen molar-refractivity contribution >= 4 is 10.0 Å². The van der Waals surface area contributed by atoms with Crippen molar-refractivity contribution in [1.29, 1.82) is 0 Å². The minimum Gasteiger partial charge on any atom is -0.306 e. The highest BCUT2D eigenvalue weighted by Crippen LogP contribution is 2.16. The molecule has 1 aromatic heterocycles. The van der Waals surface area contributed by atoms with Crippen LogP contribution in [0.4, 0.5) is 0 Å². The zero-order valence-corrected chi connectivity index (χ0v) is 12.6. The Morgan fingerprint density at radius 1 is 1.42 bits per heavy atom. The largest absolute Gasteiger partial charge is 0.306 e. The van der Waals surface area contributed by atoms with Crippen LogP contribution in [0, 0.1) is 6.92 Å². The minimum atomic E-state index is -3.45. The number of rotatable bonds is 4. The number of nitrogens with zero attached hydrogens (tertiary/aromatic N) is 3. The van der Waals surface area contributed by atoms with Crippen molar-refractivity contribution in [2.24, 2.45) is 0 Å². The molecule has 2 rings (SSSR count). The zero-order chi connectivity index (χ0) is 14.0. The molecule has 1 N–H and O–H groups in total. The molecule has 0 aliphatic carbocycles. The van der Waals surface area contributed by atoms with Gasteiger partial charge in [-0.3, -0.25) is 4.68 Å². The van der Waals surface area contributed by atoms with Crippen molar-refractivity contribution < 1.29 is 8.42 Å². The Hall–Kier alpha value is -0.920. The fourth-order valence-corrected chi connectivity index (χ4v) is 3.83. The van der Waals surface area contributed by atoms with Crippen molar-refractivity contribution in [2.45, 2.75) is 44.2 Å². The van der Waals surface area contributed by atoms with Gasteiger partial charge in [-0.25, -0.2) is 13.1 Å². The number of aromatic nitrogens is 2. The third kappa shape index (κ3) is 3.34. The second-order valence-electron chi connectivity index (χ2n) is 5.13. The normalized spacial score (nSPS) is 18.9. The highest BCUT2D eigenvalue weighted by molar-refractivity contribution is 7.89. The summed E-state index contributed by atoms with van der Waals surface area (Å²) in [6.45, 7) is 6.20. The summed E-state index contributed by atoms with van der Waals surface area (Å²) >= 11 is 0. The predicted molar refractivity (Wildman–Crippen MR) is 73.5 cm³/mol. The number of hydrogen-bond donors (Lipinski definition) is 1. The van der Waals surface area contributed by atoms with Crippen molar-refractivity contribution in [3.63, 3.8) is 0 Å². The molecule has 0 aromatic carbocycles. The molecule has 0 bridgehead atoms. The number of likely N-dealkylation sites (tertiary alicyclic amines) is 1. The van der Waals surface area contributed by atoms with Gasteiger partial charge in [0.05, 0.1) is 5.69 Å². The third-order valence-electron chi connectivity index (χ3n) is 3.56. The maximum atomic E-state index is 12.4. The van der Waals surface area contributed by atoms with E-state index >= 15 is 0 Å². The summed E-state index contributed by atoms with van der Waals surface area (Å²) < 4.78 is 29.2. The molecule has 0 radical (unpaired) electrons. The van der Waals surface area contributed by atoms with E-state index in [2.05, 4.69) is 21.8 Å². The van der Waals surface area contributed by atoms with Gasteiger partial charge < -0.3 is 4.90 Å². The van der Waals surface area contributed by atoms with Crippen LogP contribution in [0.2, 0.25) is 0 Å². The van der Waals surface area contributed by atoms with Crippen LogP contribution in [-0.2, 0) is 16.6 Å². The van der Waals surface area contributed by atoms with E-state index in [1.165, 1.54) is 0 Å². The Labute approximate surface area is 114 Å². The van der Waals surface area contributed by atoms with Gasteiger partial charge in [0.15, 0.2) is 0 Å². The van der Waals surface area contributed by atoms with E-state index in [0.717, 1.165) is 25.9 Å². The zero-order valence-electron chi connectivity index (χ0n) is 11.8. The Morgan fingerprint density at radius 2 is 2.05 bits per heavy atom. The molecule has 1 aliphatic heterocycles. The van der Waals surface area contributed by atoms with Crippen LogP contribution in [0.1, 0.15) is 25.5 Å². The van der Waals surface area contributed by atoms with Gasteiger partial charge in [-0.15, -0.1) is 0 Å². The summed E-state index contributed by atoms with van der Waals surface area (Å²) in [7, 11) is -1.39. The Kier molecular flexibility index (Phi) is 4.27. The quantitative estimate of drug-likeness (QED) is 0.879. The highest BCUT2D eigenvalue weighted by atomic mass is 32.2. The number of nitrogens with one attached hydrogen (secondary N) is 1. The Bertz CT molecular complexity index is 530. The lowest BCUT2D eigenvalue weighted by Gasteiger charge is -2.29. The Balaban J connectivity index is 2.11. The van der Waals surface area contributed by atoms with E-state index in [4.69, 9.17) is 0 Å². The highest BCUT2D eigenvalue weighted by Gasteiger charge is 2.26. The van der Waals surface area contributed by atoms with Crippen LogP contribution in [0.25, 0.3) is 0 Å². The molecular formula is C12H22N4O2S. The standard InChI is InChI=1S/C12H22N4O2S/c1-4-16-9-12(10(2)13-16)19(17,18)14-11-5-7-15(3)8-6-11/h9,11,14H,4-8H2,1-3H3. The summed E-state index contributed by atoms with van der Waals surface area (Å²) in [5, 5.41) is 4.19. The minimum absolute atomic E-state index is 0.0329.